The van der Waals surface area contributed by atoms with E-state index in [0.717, 1.165) is 12.8 Å². The van der Waals surface area contributed by atoms with Gasteiger partial charge in [0.05, 0.1) is 5.41 Å². The average molecular weight is 397 g/mol. The van der Waals surface area contributed by atoms with E-state index < -0.39 is 11.5 Å². The van der Waals surface area contributed by atoms with Gasteiger partial charge in [-0.15, -0.1) is 0 Å². The number of carbonyl (C=O) groups excluding carboxylic acids is 1. The number of nitrogens with one attached hydrogen (secondary N) is 1. The Hall–Kier alpha value is -3.09. The molecule has 3 aromatic rings. The summed E-state index contributed by atoms with van der Waals surface area (Å²) in [4.78, 5) is 17.5. The first-order chi connectivity index (χ1) is 14.0. The average Bonchev–Trinajstić information content (AvgIpc) is 3.39. The fourth-order valence-electron chi connectivity index (χ4n) is 3.94. The maximum Gasteiger partial charge on any atom is 0.249 e. The van der Waals surface area contributed by atoms with Crippen molar-refractivity contribution >= 4 is 5.91 Å². The van der Waals surface area contributed by atoms with Gasteiger partial charge in [-0.05, 0) is 61.7 Å². The van der Waals surface area contributed by atoms with Crippen LogP contribution in [0.3, 0.4) is 0 Å². The molecule has 4 rings (SSSR count). The van der Waals surface area contributed by atoms with Crippen LogP contribution in [-0.2, 0) is 10.2 Å². The number of carbonyl (C=O) groups is 1. The van der Waals surface area contributed by atoms with Crippen LogP contribution in [0.1, 0.15) is 50.1 Å². The molecule has 1 aliphatic carbocycles. The van der Waals surface area contributed by atoms with Crippen molar-refractivity contribution < 1.29 is 18.1 Å². The summed E-state index contributed by atoms with van der Waals surface area (Å²) in [5.41, 5.74) is 0.556. The molecule has 5 nitrogen and oxygen atoms in total. The number of aromatic nitrogens is 2. The van der Waals surface area contributed by atoms with Crippen LogP contribution in [0.25, 0.3) is 11.4 Å². The molecule has 1 heterocycles. The summed E-state index contributed by atoms with van der Waals surface area (Å²) in [7, 11) is 0. The van der Waals surface area contributed by atoms with E-state index in [9.17, 15) is 13.6 Å². The lowest BCUT2D eigenvalue weighted by Gasteiger charge is -2.29. The first-order valence-electron chi connectivity index (χ1n) is 9.64. The number of benzene rings is 2. The first-order valence-corrected chi connectivity index (χ1v) is 9.64. The van der Waals surface area contributed by atoms with Gasteiger partial charge in [-0.2, -0.15) is 4.98 Å². The quantitative estimate of drug-likeness (QED) is 0.677. The lowest BCUT2D eigenvalue weighted by atomic mass is 9.77. The highest BCUT2D eigenvalue weighted by Crippen LogP contribution is 2.42. The van der Waals surface area contributed by atoms with E-state index in [0.29, 0.717) is 29.8 Å². The summed E-state index contributed by atoms with van der Waals surface area (Å²) >= 11 is 0. The third kappa shape index (κ3) is 3.77. The Morgan fingerprint density at radius 3 is 2.52 bits per heavy atom. The van der Waals surface area contributed by atoms with Gasteiger partial charge >= 0.3 is 0 Å². The van der Waals surface area contributed by atoms with Gasteiger partial charge in [0.2, 0.25) is 17.6 Å². The largest absolute Gasteiger partial charge is 0.344 e. The summed E-state index contributed by atoms with van der Waals surface area (Å²) in [5, 5.41) is 6.87. The highest BCUT2D eigenvalue weighted by molar-refractivity contribution is 5.88. The van der Waals surface area contributed by atoms with Crippen LogP contribution in [0.5, 0.6) is 0 Å². The lowest BCUT2D eigenvalue weighted by molar-refractivity contribution is -0.127. The molecule has 0 aliphatic heterocycles. The molecule has 1 aliphatic rings. The fourth-order valence-corrected chi connectivity index (χ4v) is 3.94. The van der Waals surface area contributed by atoms with Crippen LogP contribution in [0, 0.1) is 11.6 Å². The number of hydrogen-bond donors (Lipinski definition) is 1. The lowest BCUT2D eigenvalue weighted by Crippen LogP contribution is -2.43. The van der Waals surface area contributed by atoms with Gasteiger partial charge in [-0.25, -0.2) is 8.78 Å². The maximum absolute atomic E-state index is 13.8. The van der Waals surface area contributed by atoms with Crippen molar-refractivity contribution in [3.63, 3.8) is 0 Å². The van der Waals surface area contributed by atoms with E-state index in [4.69, 9.17) is 4.52 Å². The van der Waals surface area contributed by atoms with E-state index in [1.165, 1.54) is 24.3 Å². The Kier molecular flexibility index (Phi) is 5.13. The molecular weight excluding hydrogens is 376 g/mol. The molecule has 1 fully saturated rings. The number of hydrogen-bond acceptors (Lipinski definition) is 4. The minimum absolute atomic E-state index is 0.172. The molecule has 1 amide bonds. The Balaban J connectivity index is 1.53. The highest BCUT2D eigenvalue weighted by Gasteiger charge is 2.43. The van der Waals surface area contributed by atoms with E-state index in [-0.39, 0.29) is 23.4 Å². The van der Waals surface area contributed by atoms with Gasteiger partial charge in [0.15, 0.2) is 0 Å². The number of rotatable bonds is 5. The zero-order chi connectivity index (χ0) is 20.4. The number of amides is 1. The van der Waals surface area contributed by atoms with E-state index in [2.05, 4.69) is 15.5 Å². The predicted octanol–water partition coefficient (Wildman–Crippen LogP) is 4.70. The molecule has 150 valence electrons. The van der Waals surface area contributed by atoms with Gasteiger partial charge in [0.1, 0.15) is 17.7 Å². The molecule has 0 bridgehead atoms. The third-order valence-corrected chi connectivity index (χ3v) is 5.53. The number of halogens is 2. The van der Waals surface area contributed by atoms with Crippen LogP contribution in [0.2, 0.25) is 0 Å². The molecule has 0 radical (unpaired) electrons. The Labute approximate surface area is 167 Å². The minimum atomic E-state index is -0.754. The van der Waals surface area contributed by atoms with Crippen molar-refractivity contribution in [1.29, 1.82) is 0 Å². The zero-order valence-electron chi connectivity index (χ0n) is 16.0. The van der Waals surface area contributed by atoms with E-state index in [1.807, 2.05) is 0 Å². The third-order valence-electron chi connectivity index (χ3n) is 5.53. The molecule has 1 saturated carbocycles. The molecule has 1 N–H and O–H groups in total. The smallest absolute Gasteiger partial charge is 0.249 e. The molecule has 1 aromatic heterocycles. The zero-order valence-corrected chi connectivity index (χ0v) is 16.0. The summed E-state index contributed by atoms with van der Waals surface area (Å²) in [5.74, 6) is -0.297. The first kappa shape index (κ1) is 19.2. The Morgan fingerprint density at radius 1 is 1.10 bits per heavy atom. The van der Waals surface area contributed by atoms with Crippen molar-refractivity contribution in [2.45, 2.75) is 44.1 Å². The van der Waals surface area contributed by atoms with E-state index in [1.54, 1.807) is 31.2 Å². The molecular formula is C22H21F2N3O2. The van der Waals surface area contributed by atoms with Gasteiger partial charge in [0.25, 0.3) is 0 Å². The second-order valence-electron chi connectivity index (χ2n) is 7.46. The van der Waals surface area contributed by atoms with Crippen molar-refractivity contribution in [2.24, 2.45) is 0 Å². The van der Waals surface area contributed by atoms with Crippen LogP contribution < -0.4 is 5.32 Å². The molecule has 1 unspecified atom stereocenters. The fraction of sp³-hybridized carbons (Fsp3) is 0.318. The SMILES string of the molecule is CC(NC(=O)C1(c2cccc(F)c2)CCCC1)c1nc(-c2ccc(F)cc2)no1. The molecule has 7 heteroatoms. The normalized spacial score (nSPS) is 16.5. The summed E-state index contributed by atoms with van der Waals surface area (Å²) < 4.78 is 32.2. The molecule has 0 saturated heterocycles. The highest BCUT2D eigenvalue weighted by atomic mass is 19.1. The van der Waals surface area contributed by atoms with Crippen molar-refractivity contribution in [3.05, 3.63) is 71.6 Å². The topological polar surface area (TPSA) is 68.0 Å². The van der Waals surface area contributed by atoms with Gasteiger partial charge in [-0.1, -0.05) is 30.1 Å². The van der Waals surface area contributed by atoms with Crippen molar-refractivity contribution in [2.75, 3.05) is 0 Å². The summed E-state index contributed by atoms with van der Waals surface area (Å²) in [6, 6.07) is 11.5. The monoisotopic (exact) mass is 397 g/mol. The molecule has 29 heavy (non-hydrogen) atoms. The van der Waals surface area contributed by atoms with Crippen LogP contribution in [-0.4, -0.2) is 16.0 Å². The predicted molar refractivity (Wildman–Crippen MR) is 103 cm³/mol. The van der Waals surface area contributed by atoms with Gasteiger partial charge in [0, 0.05) is 5.56 Å². The Morgan fingerprint density at radius 2 is 1.83 bits per heavy atom. The van der Waals surface area contributed by atoms with Gasteiger partial charge in [-0.3, -0.25) is 4.79 Å². The summed E-state index contributed by atoms with van der Waals surface area (Å²) in [6.07, 6.45) is 3.15. The van der Waals surface area contributed by atoms with Crippen molar-refractivity contribution in [1.82, 2.24) is 15.5 Å². The van der Waals surface area contributed by atoms with Crippen LogP contribution >= 0.6 is 0 Å². The molecule has 1 atom stereocenters. The Bertz CT molecular complexity index is 1010. The summed E-state index contributed by atoms with van der Waals surface area (Å²) in [6.45, 7) is 1.76. The molecule has 2 aromatic carbocycles. The van der Waals surface area contributed by atoms with Gasteiger partial charge < -0.3 is 9.84 Å². The standard InChI is InChI=1S/C22H21F2N3O2/c1-14(20-26-19(27-29-20)15-7-9-17(23)10-8-15)25-21(28)22(11-2-3-12-22)16-5-4-6-18(24)13-16/h4-10,13-14H,2-3,11-12H2,1H3,(H,25,28). The second kappa shape index (κ2) is 7.73. The molecule has 0 spiro atoms. The maximum atomic E-state index is 13.8. The van der Waals surface area contributed by atoms with Crippen LogP contribution in [0.4, 0.5) is 8.78 Å². The van der Waals surface area contributed by atoms with Crippen LogP contribution in [0.15, 0.2) is 53.1 Å². The van der Waals surface area contributed by atoms with Crippen molar-refractivity contribution in [3.8, 4) is 11.4 Å². The number of nitrogens with zero attached hydrogens (tertiary/aromatic N) is 2. The van der Waals surface area contributed by atoms with E-state index >= 15 is 0 Å². The minimum Gasteiger partial charge on any atom is -0.344 e. The second-order valence-corrected chi connectivity index (χ2v) is 7.46.